The highest BCUT2D eigenvalue weighted by atomic mass is 35.5. The first-order chi connectivity index (χ1) is 9.60. The first-order valence-corrected chi connectivity index (χ1v) is 6.88. The van der Waals surface area contributed by atoms with Crippen LogP contribution in [0.1, 0.15) is 28.8 Å². The molecule has 20 heavy (non-hydrogen) atoms. The van der Waals surface area contributed by atoms with Gasteiger partial charge >= 0.3 is 0 Å². The number of hydrogen-bond acceptors (Lipinski definition) is 3. The van der Waals surface area contributed by atoms with Crippen molar-refractivity contribution in [2.24, 2.45) is 7.05 Å². The molecule has 2 aromatic rings. The highest BCUT2D eigenvalue weighted by molar-refractivity contribution is 6.29. The summed E-state index contributed by atoms with van der Waals surface area (Å²) in [6.45, 7) is 2.51. The zero-order chi connectivity index (χ0) is 14.5. The lowest BCUT2D eigenvalue weighted by atomic mass is 10.2. The number of pyridine rings is 1. The normalized spacial score (nSPS) is 10.6. The van der Waals surface area contributed by atoms with Gasteiger partial charge in [-0.1, -0.05) is 18.5 Å². The van der Waals surface area contributed by atoms with Gasteiger partial charge in [-0.05, 0) is 18.6 Å². The molecule has 1 N–H and O–H groups in total. The molecule has 0 saturated heterocycles. The molecule has 0 unspecified atom stereocenters. The minimum absolute atomic E-state index is 0.141. The molecule has 1 amide bonds. The van der Waals surface area contributed by atoms with E-state index in [0.717, 1.165) is 17.9 Å². The Hall–Kier alpha value is -1.88. The highest BCUT2D eigenvalue weighted by Crippen LogP contribution is 2.11. The zero-order valence-corrected chi connectivity index (χ0v) is 12.3. The fraction of sp³-hybridized carbons (Fsp3) is 0.357. The molecule has 2 rings (SSSR count). The number of rotatable bonds is 5. The summed E-state index contributed by atoms with van der Waals surface area (Å²) >= 11 is 5.90. The minimum Gasteiger partial charge on any atom is -0.352 e. The van der Waals surface area contributed by atoms with E-state index in [9.17, 15) is 4.79 Å². The number of nitrogens with one attached hydrogen (secondary N) is 1. The molecule has 0 aromatic carbocycles. The topological polar surface area (TPSA) is 59.8 Å². The molecule has 0 atom stereocenters. The molecule has 2 aromatic heterocycles. The van der Waals surface area contributed by atoms with Crippen LogP contribution in [0.15, 0.2) is 24.5 Å². The Kier molecular flexibility index (Phi) is 4.74. The van der Waals surface area contributed by atoms with Gasteiger partial charge in [-0.2, -0.15) is 0 Å². The van der Waals surface area contributed by atoms with Gasteiger partial charge in [0.2, 0.25) is 0 Å². The van der Waals surface area contributed by atoms with Crippen molar-refractivity contribution in [2.75, 3.05) is 6.54 Å². The molecule has 0 fully saturated rings. The van der Waals surface area contributed by atoms with Gasteiger partial charge in [0, 0.05) is 43.7 Å². The quantitative estimate of drug-likeness (QED) is 0.858. The molecule has 0 radical (unpaired) electrons. The predicted molar refractivity (Wildman–Crippen MR) is 77.9 cm³/mol. The molecule has 0 aliphatic rings. The average molecular weight is 293 g/mol. The standard InChI is InChI=1S/C14H17ClN4O/c1-3-11-8-10(9-12(15)18-11)14(20)17-5-4-13-16-6-7-19(13)2/h6-9H,3-5H2,1-2H3,(H,17,20). The SMILES string of the molecule is CCc1cc(C(=O)NCCc2nccn2C)cc(Cl)n1. The first kappa shape index (κ1) is 14.5. The number of aryl methyl sites for hydroxylation is 2. The summed E-state index contributed by atoms with van der Waals surface area (Å²) in [7, 11) is 1.93. The van der Waals surface area contributed by atoms with Gasteiger partial charge in [-0.25, -0.2) is 9.97 Å². The van der Waals surface area contributed by atoms with Gasteiger partial charge in [0.25, 0.3) is 5.91 Å². The summed E-state index contributed by atoms with van der Waals surface area (Å²) in [6.07, 6.45) is 5.06. The van der Waals surface area contributed by atoms with Crippen LogP contribution in [0.4, 0.5) is 0 Å². The van der Waals surface area contributed by atoms with Crippen LogP contribution in [-0.4, -0.2) is 27.0 Å². The van der Waals surface area contributed by atoms with E-state index in [4.69, 9.17) is 11.6 Å². The lowest BCUT2D eigenvalue weighted by Gasteiger charge is -2.07. The molecule has 0 saturated carbocycles. The summed E-state index contributed by atoms with van der Waals surface area (Å²) in [4.78, 5) is 20.4. The van der Waals surface area contributed by atoms with Gasteiger partial charge in [0.1, 0.15) is 11.0 Å². The van der Waals surface area contributed by atoms with E-state index in [1.54, 1.807) is 18.3 Å². The summed E-state index contributed by atoms with van der Waals surface area (Å²) in [5.41, 5.74) is 1.36. The summed E-state index contributed by atoms with van der Waals surface area (Å²) < 4.78 is 1.94. The fourth-order valence-corrected chi connectivity index (χ4v) is 2.12. The highest BCUT2D eigenvalue weighted by Gasteiger charge is 2.09. The number of amides is 1. The van der Waals surface area contributed by atoms with Crippen LogP contribution in [0.2, 0.25) is 5.15 Å². The van der Waals surface area contributed by atoms with Crippen molar-refractivity contribution in [3.05, 3.63) is 46.8 Å². The van der Waals surface area contributed by atoms with Crippen LogP contribution in [-0.2, 0) is 19.9 Å². The third-order valence-electron chi connectivity index (χ3n) is 3.03. The smallest absolute Gasteiger partial charge is 0.251 e. The maximum absolute atomic E-state index is 12.1. The third kappa shape index (κ3) is 3.57. The Labute approximate surface area is 123 Å². The Morgan fingerprint density at radius 2 is 2.25 bits per heavy atom. The van der Waals surface area contributed by atoms with E-state index >= 15 is 0 Å². The number of halogens is 1. The Bertz CT molecular complexity index is 609. The van der Waals surface area contributed by atoms with E-state index in [2.05, 4.69) is 15.3 Å². The van der Waals surface area contributed by atoms with Gasteiger partial charge in [0.15, 0.2) is 0 Å². The average Bonchev–Trinajstić information content (AvgIpc) is 2.83. The van der Waals surface area contributed by atoms with E-state index in [0.29, 0.717) is 23.7 Å². The molecule has 0 aliphatic carbocycles. The zero-order valence-electron chi connectivity index (χ0n) is 11.6. The first-order valence-electron chi connectivity index (χ1n) is 6.51. The van der Waals surface area contributed by atoms with Crippen molar-refractivity contribution in [3.8, 4) is 0 Å². The second-order valence-corrected chi connectivity index (χ2v) is 4.87. The van der Waals surface area contributed by atoms with Crippen molar-refractivity contribution in [1.29, 1.82) is 0 Å². The van der Waals surface area contributed by atoms with Gasteiger partial charge in [0.05, 0.1) is 0 Å². The second kappa shape index (κ2) is 6.52. The molecule has 5 nitrogen and oxygen atoms in total. The van der Waals surface area contributed by atoms with Gasteiger partial charge < -0.3 is 9.88 Å². The van der Waals surface area contributed by atoms with Crippen LogP contribution in [0, 0.1) is 0 Å². The molecule has 0 spiro atoms. The maximum Gasteiger partial charge on any atom is 0.251 e. The molecule has 6 heteroatoms. The molecule has 106 valence electrons. The maximum atomic E-state index is 12.1. The van der Waals surface area contributed by atoms with Gasteiger partial charge in [-0.3, -0.25) is 4.79 Å². The number of nitrogens with zero attached hydrogens (tertiary/aromatic N) is 3. The number of imidazole rings is 1. The Morgan fingerprint density at radius 3 is 2.90 bits per heavy atom. The molecule has 0 bridgehead atoms. The Balaban J connectivity index is 1.95. The van der Waals surface area contributed by atoms with Gasteiger partial charge in [-0.15, -0.1) is 0 Å². The lowest BCUT2D eigenvalue weighted by Crippen LogP contribution is -2.26. The van der Waals surface area contributed by atoms with Crippen molar-refractivity contribution >= 4 is 17.5 Å². The van der Waals surface area contributed by atoms with E-state index < -0.39 is 0 Å². The lowest BCUT2D eigenvalue weighted by molar-refractivity contribution is 0.0953. The number of aromatic nitrogens is 3. The minimum atomic E-state index is -0.141. The summed E-state index contributed by atoms with van der Waals surface area (Å²) in [5, 5.41) is 3.21. The second-order valence-electron chi connectivity index (χ2n) is 4.48. The number of carbonyl (C=O) groups is 1. The molecule has 0 aliphatic heterocycles. The monoisotopic (exact) mass is 292 g/mol. The van der Waals surface area contributed by atoms with Crippen molar-refractivity contribution in [3.63, 3.8) is 0 Å². The van der Waals surface area contributed by atoms with E-state index in [1.165, 1.54) is 0 Å². The predicted octanol–water partition coefficient (Wildman–Crippen LogP) is 2.00. The fourth-order valence-electron chi connectivity index (χ4n) is 1.89. The number of carbonyl (C=O) groups excluding carboxylic acids is 1. The van der Waals surface area contributed by atoms with Crippen molar-refractivity contribution in [2.45, 2.75) is 19.8 Å². The van der Waals surface area contributed by atoms with Crippen LogP contribution in [0.3, 0.4) is 0 Å². The van der Waals surface area contributed by atoms with Crippen molar-refractivity contribution in [1.82, 2.24) is 19.9 Å². The third-order valence-corrected chi connectivity index (χ3v) is 3.22. The van der Waals surface area contributed by atoms with Crippen LogP contribution < -0.4 is 5.32 Å². The molecular formula is C14H17ClN4O. The Morgan fingerprint density at radius 1 is 1.45 bits per heavy atom. The van der Waals surface area contributed by atoms with Crippen LogP contribution in [0.5, 0.6) is 0 Å². The largest absolute Gasteiger partial charge is 0.352 e. The summed E-state index contributed by atoms with van der Waals surface area (Å²) in [5.74, 6) is 0.797. The summed E-state index contributed by atoms with van der Waals surface area (Å²) in [6, 6.07) is 3.35. The number of hydrogen-bond donors (Lipinski definition) is 1. The molecule has 2 heterocycles. The van der Waals surface area contributed by atoms with Crippen molar-refractivity contribution < 1.29 is 4.79 Å². The van der Waals surface area contributed by atoms with E-state index in [-0.39, 0.29) is 5.91 Å². The van der Waals surface area contributed by atoms with Crippen LogP contribution >= 0.6 is 11.6 Å². The van der Waals surface area contributed by atoms with Crippen LogP contribution in [0.25, 0.3) is 0 Å². The van der Waals surface area contributed by atoms with E-state index in [1.807, 2.05) is 24.7 Å². The molecular weight excluding hydrogens is 276 g/mol.